The van der Waals surface area contributed by atoms with E-state index < -0.39 is 84.3 Å². The fourth-order valence-electron chi connectivity index (χ4n) is 2.67. The van der Waals surface area contributed by atoms with Gasteiger partial charge in [0.2, 0.25) is 0 Å². The van der Waals surface area contributed by atoms with E-state index in [9.17, 15) is 87.1 Å². The predicted molar refractivity (Wildman–Crippen MR) is 102 cm³/mol. The number of hydrogen-bond acceptors (Lipinski definition) is 8. The fourth-order valence-corrected chi connectivity index (χ4v) is 3.35. The molecule has 0 amide bonds. The van der Waals surface area contributed by atoms with Gasteiger partial charge in [-0.2, -0.15) is 91.5 Å². The molecule has 3 N–H and O–H groups in total. The molecule has 0 fully saturated rings. The van der Waals surface area contributed by atoms with Gasteiger partial charge in [-0.25, -0.2) is 13.9 Å². The molecule has 0 aliphatic rings. The van der Waals surface area contributed by atoms with Crippen molar-refractivity contribution in [1.29, 1.82) is 0 Å². The zero-order valence-electron chi connectivity index (χ0n) is 21.4. The second kappa shape index (κ2) is 11.2. The molecule has 0 heterocycles. The number of alkyl halides is 18. The summed E-state index contributed by atoms with van der Waals surface area (Å²) in [5, 5.41) is -15.0. The van der Waals surface area contributed by atoms with Crippen molar-refractivity contribution in [2.24, 2.45) is 5.41 Å². The van der Waals surface area contributed by atoms with E-state index in [1.165, 1.54) is 9.47 Å². The average Bonchev–Trinajstić information content (AvgIpc) is 2.73. The summed E-state index contributed by atoms with van der Waals surface area (Å²) in [7, 11) is -15.9. The lowest BCUT2D eigenvalue weighted by Crippen LogP contribution is -2.73. The van der Waals surface area contributed by atoms with Gasteiger partial charge in [-0.05, 0) is 7.05 Å². The second-order valence-electron chi connectivity index (χ2n) is 9.20. The highest BCUT2D eigenvalue weighted by atomic mass is 32.2. The smallest absolute Gasteiger partial charge is 0.281 e. The number of nitrogens with one attached hydrogen (secondary N) is 1. The molecular formula is C15H15F18NO9S2. The maximum atomic E-state index is 15.2. The Labute approximate surface area is 237 Å². The Bertz CT molecular complexity index is 1320. The summed E-state index contributed by atoms with van der Waals surface area (Å²) >= 11 is 0. The number of rotatable bonds is 15. The molecule has 0 saturated carbocycles. The van der Waals surface area contributed by atoms with Crippen LogP contribution in [0.15, 0.2) is 0 Å². The lowest BCUT2D eigenvalue weighted by molar-refractivity contribution is -0.575. The van der Waals surface area contributed by atoms with E-state index in [4.69, 9.17) is 9.11 Å². The number of halogens is 18. The van der Waals surface area contributed by atoms with E-state index >= 15 is 8.78 Å². The summed E-state index contributed by atoms with van der Waals surface area (Å²) < 4.78 is 317. The molecule has 272 valence electrons. The van der Waals surface area contributed by atoms with Gasteiger partial charge in [0.25, 0.3) is 5.67 Å². The highest BCUT2D eigenvalue weighted by Crippen LogP contribution is 2.60. The number of hydrogen-bond donors (Lipinski definition) is 3. The van der Waals surface area contributed by atoms with Crippen molar-refractivity contribution in [3.05, 3.63) is 0 Å². The lowest BCUT2D eigenvalue weighted by atomic mass is 9.75. The predicted octanol–water partition coefficient (Wildman–Crippen LogP) is 5.19. The summed E-state index contributed by atoms with van der Waals surface area (Å²) in [6.45, 7) is -0.198. The minimum Gasteiger partial charge on any atom is -0.281 e. The van der Waals surface area contributed by atoms with Gasteiger partial charge in [-0.3, -0.25) is 19.2 Å². The van der Waals surface area contributed by atoms with Crippen molar-refractivity contribution in [2.45, 2.75) is 79.4 Å². The van der Waals surface area contributed by atoms with Crippen LogP contribution in [0.1, 0.15) is 20.8 Å². The van der Waals surface area contributed by atoms with E-state index in [-0.39, 0.29) is 27.8 Å². The van der Waals surface area contributed by atoms with Gasteiger partial charge in [0.05, 0.1) is 0 Å². The molecule has 10 nitrogen and oxygen atoms in total. The van der Waals surface area contributed by atoms with Crippen LogP contribution in [-0.4, -0.2) is 91.6 Å². The Morgan fingerprint density at radius 1 is 0.489 bits per heavy atom. The molecule has 0 aliphatic carbocycles. The maximum absolute atomic E-state index is 15.2. The van der Waals surface area contributed by atoms with Gasteiger partial charge >= 0.3 is 73.2 Å². The maximum Gasteiger partial charge on any atom is 0.460 e. The quantitative estimate of drug-likeness (QED) is 0.116. The van der Waals surface area contributed by atoms with Crippen LogP contribution >= 0.6 is 0 Å². The summed E-state index contributed by atoms with van der Waals surface area (Å²) in [4.78, 5) is 0. The molecule has 0 aromatic carbocycles. The Balaban J connectivity index is 7.86. The van der Waals surface area contributed by atoms with E-state index in [1.54, 1.807) is 0 Å². The molecule has 0 aromatic heterocycles. The molecule has 45 heavy (non-hydrogen) atoms. The molecule has 0 aromatic rings. The van der Waals surface area contributed by atoms with E-state index in [1.807, 2.05) is 4.74 Å². The van der Waals surface area contributed by atoms with Gasteiger partial charge in [-0.15, -0.1) is 0 Å². The summed E-state index contributed by atoms with van der Waals surface area (Å²) in [5.74, 6) is -8.65. The van der Waals surface area contributed by atoms with Crippen LogP contribution < -0.4 is 5.32 Å². The van der Waals surface area contributed by atoms with Crippen molar-refractivity contribution in [3.8, 4) is 0 Å². The van der Waals surface area contributed by atoms with Crippen LogP contribution in [0.25, 0.3) is 0 Å². The number of ether oxygens (including phenoxy) is 3. The third-order valence-electron chi connectivity index (χ3n) is 5.04. The first-order chi connectivity index (χ1) is 18.9. The Morgan fingerprint density at radius 3 is 1.00 bits per heavy atom. The summed E-state index contributed by atoms with van der Waals surface area (Å²) in [5.41, 5.74) is -9.80. The molecular weight excluding hydrogens is 744 g/mol. The van der Waals surface area contributed by atoms with Gasteiger partial charge < -0.3 is 0 Å². The first-order valence-corrected chi connectivity index (χ1v) is 12.9. The topological polar surface area (TPSA) is 148 Å². The van der Waals surface area contributed by atoms with E-state index in [2.05, 4.69) is 0 Å². The zero-order chi connectivity index (χ0) is 37.3. The Morgan fingerprint density at radius 2 is 0.756 bits per heavy atom. The van der Waals surface area contributed by atoms with Gasteiger partial charge in [-0.1, -0.05) is 20.8 Å². The van der Waals surface area contributed by atoms with E-state index in [0.717, 1.165) is 0 Å². The molecule has 30 heteroatoms. The van der Waals surface area contributed by atoms with Crippen LogP contribution in [-0.2, 0) is 34.4 Å². The molecule has 0 bridgehead atoms. The van der Waals surface area contributed by atoms with Crippen LogP contribution in [0.4, 0.5) is 79.0 Å². The molecule has 0 saturated heterocycles. The molecule has 2 atom stereocenters. The van der Waals surface area contributed by atoms with Crippen LogP contribution in [0.5, 0.6) is 0 Å². The largest absolute Gasteiger partial charge is 0.460 e. The molecule has 2 unspecified atom stereocenters. The van der Waals surface area contributed by atoms with Crippen molar-refractivity contribution in [3.63, 3.8) is 0 Å². The molecule has 0 rings (SSSR count). The Hall–Kier alpha value is -1.60. The molecule has 0 spiro atoms. The van der Waals surface area contributed by atoms with E-state index in [0.29, 0.717) is 5.32 Å². The highest BCUT2D eigenvalue weighted by Gasteiger charge is 2.87. The van der Waals surface area contributed by atoms with Crippen molar-refractivity contribution in [1.82, 2.24) is 5.32 Å². The van der Waals surface area contributed by atoms with Crippen LogP contribution in [0, 0.1) is 5.41 Å². The normalized spacial score (nSPS) is 18.8. The van der Waals surface area contributed by atoms with Crippen molar-refractivity contribution >= 4 is 20.2 Å². The van der Waals surface area contributed by atoms with Crippen LogP contribution in [0.2, 0.25) is 0 Å². The summed E-state index contributed by atoms with van der Waals surface area (Å²) in [6, 6.07) is -5.99. The van der Waals surface area contributed by atoms with Crippen LogP contribution in [0.3, 0.4) is 0 Å². The Kier molecular flexibility index (Phi) is 10.8. The monoisotopic (exact) mass is 759 g/mol. The first kappa shape index (κ1) is 43.4. The standard InChI is InChI=1S/C15H15F18NO9S2/c1-5(2,3)6(16,8(18,19)34-4)9(20,21)42-10(22,23)7(17,41-12(26,27)14(30,31)44(35,36)37)11(24,25)43-13(28,29)15(32,33)45(38,39)40/h34H,1-4H3,(H,35,36,37)(H,38,39,40). The average molecular weight is 759 g/mol. The fraction of sp³-hybridized carbons (Fsp3) is 1.00. The highest BCUT2D eigenvalue weighted by molar-refractivity contribution is 7.87. The minimum absolute atomic E-state index is 0.0661. The van der Waals surface area contributed by atoms with Gasteiger partial charge in [0.1, 0.15) is 0 Å². The lowest BCUT2D eigenvalue weighted by Gasteiger charge is -2.48. The molecule has 0 radical (unpaired) electrons. The SMILES string of the molecule is CNC(F)(F)C(F)(C(C)(C)C)C(F)(F)OC(F)(F)C(F)(OC(F)(F)C(F)(F)S(=O)(=O)O)C(F)(F)OC(F)(F)C(F)(F)S(=O)(=O)O. The third-order valence-corrected chi connectivity index (χ3v) is 6.81. The summed E-state index contributed by atoms with van der Waals surface area (Å²) in [6.07, 6.45) is -40.4. The van der Waals surface area contributed by atoms with Gasteiger partial charge in [0.15, 0.2) is 0 Å². The van der Waals surface area contributed by atoms with Crippen molar-refractivity contribution in [2.75, 3.05) is 7.05 Å². The van der Waals surface area contributed by atoms with Crippen molar-refractivity contribution < 1.29 is 119 Å². The molecule has 0 aliphatic heterocycles. The third kappa shape index (κ3) is 6.87. The zero-order valence-corrected chi connectivity index (χ0v) is 23.0. The van der Waals surface area contributed by atoms with Gasteiger partial charge in [0, 0.05) is 5.41 Å². The minimum atomic E-state index is -8.65. The second-order valence-corrected chi connectivity index (χ2v) is 12.1. The first-order valence-electron chi connectivity index (χ1n) is 10.1.